The summed E-state index contributed by atoms with van der Waals surface area (Å²) < 4.78 is 1.94. The second-order valence-electron chi connectivity index (χ2n) is 5.35. The van der Waals surface area contributed by atoms with Crippen LogP contribution in [0.15, 0.2) is 12.3 Å². The Morgan fingerprint density at radius 2 is 2.41 bits per heavy atom. The number of hydrogen-bond acceptors (Lipinski definition) is 3. The summed E-state index contributed by atoms with van der Waals surface area (Å²) in [5.74, 6) is 0. The number of nitriles is 1. The van der Waals surface area contributed by atoms with Gasteiger partial charge >= 0.3 is 0 Å². The summed E-state index contributed by atoms with van der Waals surface area (Å²) in [5, 5.41) is 17.1. The van der Waals surface area contributed by atoms with Crippen LogP contribution in [-0.4, -0.2) is 21.4 Å². The fourth-order valence-electron chi connectivity index (χ4n) is 2.18. The SMILES string of the molecule is Cc1ccn(C(C)CC(C)(C#N)NC2CC2)n1. The van der Waals surface area contributed by atoms with Crippen molar-refractivity contribution >= 4 is 0 Å². The second-order valence-corrected chi connectivity index (χ2v) is 5.35. The first-order valence-corrected chi connectivity index (χ1v) is 6.23. The van der Waals surface area contributed by atoms with Crippen LogP contribution >= 0.6 is 0 Å². The fraction of sp³-hybridized carbons (Fsp3) is 0.692. The molecular weight excluding hydrogens is 212 g/mol. The highest BCUT2D eigenvalue weighted by atomic mass is 15.3. The summed E-state index contributed by atoms with van der Waals surface area (Å²) in [6, 6.07) is 5.18. The third-order valence-electron chi connectivity index (χ3n) is 3.24. The molecule has 4 nitrogen and oxygen atoms in total. The first-order chi connectivity index (χ1) is 8.02. The summed E-state index contributed by atoms with van der Waals surface area (Å²) >= 11 is 0. The average molecular weight is 232 g/mol. The van der Waals surface area contributed by atoms with Gasteiger partial charge in [-0.05, 0) is 39.7 Å². The van der Waals surface area contributed by atoms with E-state index < -0.39 is 5.54 Å². The molecule has 1 fully saturated rings. The van der Waals surface area contributed by atoms with E-state index >= 15 is 0 Å². The molecular formula is C13H20N4. The van der Waals surface area contributed by atoms with Crippen molar-refractivity contribution < 1.29 is 0 Å². The normalized spacial score (nSPS) is 20.6. The van der Waals surface area contributed by atoms with Gasteiger partial charge in [-0.15, -0.1) is 0 Å². The quantitative estimate of drug-likeness (QED) is 0.846. The van der Waals surface area contributed by atoms with Crippen molar-refractivity contribution in [2.75, 3.05) is 0 Å². The predicted octanol–water partition coefficient (Wildman–Crippen LogP) is 2.18. The summed E-state index contributed by atoms with van der Waals surface area (Å²) in [7, 11) is 0. The molecule has 4 heteroatoms. The van der Waals surface area contributed by atoms with Crippen LogP contribution in [0.1, 0.15) is 44.8 Å². The number of aromatic nitrogens is 2. The molecule has 0 saturated heterocycles. The van der Waals surface area contributed by atoms with Gasteiger partial charge in [0.25, 0.3) is 0 Å². The van der Waals surface area contributed by atoms with Gasteiger partial charge in [0.05, 0.1) is 17.8 Å². The van der Waals surface area contributed by atoms with Gasteiger partial charge in [0.15, 0.2) is 0 Å². The van der Waals surface area contributed by atoms with E-state index in [0.717, 1.165) is 12.1 Å². The van der Waals surface area contributed by atoms with Gasteiger partial charge in [-0.1, -0.05) is 0 Å². The highest BCUT2D eigenvalue weighted by Gasteiger charge is 2.34. The molecule has 0 bridgehead atoms. The molecule has 2 rings (SSSR count). The van der Waals surface area contributed by atoms with E-state index in [-0.39, 0.29) is 6.04 Å². The average Bonchev–Trinajstić information content (AvgIpc) is 2.97. The second kappa shape index (κ2) is 4.50. The van der Waals surface area contributed by atoms with Crippen LogP contribution in [0.5, 0.6) is 0 Å². The zero-order valence-corrected chi connectivity index (χ0v) is 10.8. The molecule has 1 heterocycles. The van der Waals surface area contributed by atoms with E-state index in [4.69, 9.17) is 0 Å². The molecule has 1 aliphatic rings. The lowest BCUT2D eigenvalue weighted by atomic mass is 9.95. The maximum atomic E-state index is 9.32. The molecule has 17 heavy (non-hydrogen) atoms. The Bertz CT molecular complexity index is 427. The van der Waals surface area contributed by atoms with Gasteiger partial charge in [0.1, 0.15) is 5.54 Å². The lowest BCUT2D eigenvalue weighted by Gasteiger charge is -2.26. The summed E-state index contributed by atoms with van der Waals surface area (Å²) in [4.78, 5) is 0. The van der Waals surface area contributed by atoms with Crippen LogP contribution in [0, 0.1) is 18.3 Å². The highest BCUT2D eigenvalue weighted by molar-refractivity contribution is 5.08. The minimum absolute atomic E-state index is 0.236. The van der Waals surface area contributed by atoms with Crippen molar-refractivity contribution in [2.45, 2.75) is 57.7 Å². The molecule has 1 N–H and O–H groups in total. The fourth-order valence-corrected chi connectivity index (χ4v) is 2.18. The molecule has 1 aliphatic carbocycles. The van der Waals surface area contributed by atoms with Crippen molar-refractivity contribution in [3.05, 3.63) is 18.0 Å². The monoisotopic (exact) mass is 232 g/mol. The van der Waals surface area contributed by atoms with Gasteiger partial charge in [-0.2, -0.15) is 10.4 Å². The Morgan fingerprint density at radius 1 is 1.71 bits per heavy atom. The summed E-state index contributed by atoms with van der Waals surface area (Å²) in [6.45, 7) is 6.07. The molecule has 92 valence electrons. The molecule has 0 amide bonds. The van der Waals surface area contributed by atoms with E-state index in [0.29, 0.717) is 6.04 Å². The Hall–Kier alpha value is -1.34. The van der Waals surface area contributed by atoms with E-state index in [1.807, 2.05) is 30.8 Å². The molecule has 2 atom stereocenters. The highest BCUT2D eigenvalue weighted by Crippen LogP contribution is 2.27. The van der Waals surface area contributed by atoms with E-state index in [1.165, 1.54) is 12.8 Å². The Kier molecular flexibility index (Phi) is 3.21. The number of rotatable bonds is 5. The standard InChI is InChI=1S/C13H20N4/c1-10-6-7-17(16-10)11(2)8-13(3,9-14)15-12-4-5-12/h6-7,11-12,15H,4-5,8H2,1-3H3. The lowest BCUT2D eigenvalue weighted by molar-refractivity contribution is 0.330. The molecule has 1 saturated carbocycles. The third kappa shape index (κ3) is 3.07. The Labute approximate surface area is 103 Å². The van der Waals surface area contributed by atoms with E-state index in [2.05, 4.69) is 23.4 Å². The summed E-state index contributed by atoms with van der Waals surface area (Å²) in [6.07, 6.45) is 5.16. The third-order valence-corrected chi connectivity index (χ3v) is 3.24. The topological polar surface area (TPSA) is 53.6 Å². The zero-order valence-electron chi connectivity index (χ0n) is 10.8. The smallest absolute Gasteiger partial charge is 0.106 e. The van der Waals surface area contributed by atoms with Gasteiger partial charge in [-0.25, -0.2) is 0 Å². The maximum absolute atomic E-state index is 9.32. The minimum atomic E-state index is -0.444. The van der Waals surface area contributed by atoms with E-state index in [1.54, 1.807) is 0 Å². The maximum Gasteiger partial charge on any atom is 0.106 e. The van der Waals surface area contributed by atoms with E-state index in [9.17, 15) is 5.26 Å². The van der Waals surface area contributed by atoms with Gasteiger partial charge < -0.3 is 0 Å². The van der Waals surface area contributed by atoms with Gasteiger partial charge in [0, 0.05) is 18.7 Å². The van der Waals surface area contributed by atoms with Crippen LogP contribution in [0.3, 0.4) is 0 Å². The number of nitrogens with zero attached hydrogens (tertiary/aromatic N) is 3. The summed E-state index contributed by atoms with van der Waals surface area (Å²) in [5.41, 5.74) is 0.575. The molecule has 0 spiro atoms. The predicted molar refractivity (Wildman–Crippen MR) is 66.5 cm³/mol. The van der Waals surface area contributed by atoms with Crippen LogP contribution < -0.4 is 5.32 Å². The van der Waals surface area contributed by atoms with Crippen molar-refractivity contribution in [1.29, 1.82) is 5.26 Å². The molecule has 1 aromatic rings. The van der Waals surface area contributed by atoms with Crippen LogP contribution in [0.25, 0.3) is 0 Å². The molecule has 2 unspecified atom stereocenters. The lowest BCUT2D eigenvalue weighted by Crippen LogP contribution is -2.43. The van der Waals surface area contributed by atoms with Crippen LogP contribution in [0.4, 0.5) is 0 Å². The first-order valence-electron chi connectivity index (χ1n) is 6.23. The minimum Gasteiger partial charge on any atom is -0.297 e. The first kappa shape index (κ1) is 12.1. The van der Waals surface area contributed by atoms with Crippen molar-refractivity contribution in [1.82, 2.24) is 15.1 Å². The van der Waals surface area contributed by atoms with Gasteiger partial charge in [-0.3, -0.25) is 10.00 Å². The number of nitrogens with one attached hydrogen (secondary N) is 1. The van der Waals surface area contributed by atoms with Crippen LogP contribution in [0.2, 0.25) is 0 Å². The molecule has 0 radical (unpaired) electrons. The van der Waals surface area contributed by atoms with Crippen LogP contribution in [-0.2, 0) is 0 Å². The van der Waals surface area contributed by atoms with Gasteiger partial charge in [0.2, 0.25) is 0 Å². The molecule has 1 aromatic heterocycles. The zero-order chi connectivity index (χ0) is 12.5. The Morgan fingerprint density at radius 3 is 2.88 bits per heavy atom. The van der Waals surface area contributed by atoms with Crippen molar-refractivity contribution in [3.63, 3.8) is 0 Å². The van der Waals surface area contributed by atoms with Crippen molar-refractivity contribution in [2.24, 2.45) is 0 Å². The molecule has 0 aliphatic heterocycles. The Balaban J connectivity index is 2.00. The largest absolute Gasteiger partial charge is 0.297 e. The van der Waals surface area contributed by atoms with Crippen molar-refractivity contribution in [3.8, 4) is 6.07 Å². The number of aryl methyl sites for hydroxylation is 1. The number of hydrogen-bond donors (Lipinski definition) is 1. The molecule has 0 aromatic carbocycles.